The van der Waals surface area contributed by atoms with Gasteiger partial charge in [0.15, 0.2) is 0 Å². The molecule has 0 bridgehead atoms. The summed E-state index contributed by atoms with van der Waals surface area (Å²) in [6, 6.07) is 16.6. The van der Waals surface area contributed by atoms with E-state index in [0.29, 0.717) is 10.6 Å². The lowest BCUT2D eigenvalue weighted by molar-refractivity contribution is 0.0955. The van der Waals surface area contributed by atoms with Crippen LogP contribution in [0.3, 0.4) is 0 Å². The van der Waals surface area contributed by atoms with E-state index in [1.807, 2.05) is 37.3 Å². The Kier molecular flexibility index (Phi) is 4.91. The molecule has 1 N–H and O–H groups in total. The Balaban J connectivity index is 1.93. The predicted molar refractivity (Wildman–Crippen MR) is 82.3 cm³/mol. The van der Waals surface area contributed by atoms with E-state index in [1.165, 1.54) is 0 Å². The molecule has 0 aliphatic rings. The van der Waals surface area contributed by atoms with Crippen LogP contribution in [0.25, 0.3) is 0 Å². The van der Waals surface area contributed by atoms with Gasteiger partial charge in [0.05, 0.1) is 0 Å². The van der Waals surface area contributed by atoms with Gasteiger partial charge in [-0.3, -0.25) is 4.79 Å². The van der Waals surface area contributed by atoms with Gasteiger partial charge in [-0.2, -0.15) is 5.10 Å². The highest BCUT2D eigenvalue weighted by Crippen LogP contribution is 2.12. The number of nitrogens with one attached hydrogen (secondary N) is 1. The Morgan fingerprint density at radius 2 is 1.80 bits per heavy atom. The fourth-order valence-corrected chi connectivity index (χ4v) is 1.84. The average molecular weight is 287 g/mol. The number of nitrogens with zero attached hydrogens (tertiary/aromatic N) is 1. The zero-order valence-electron chi connectivity index (χ0n) is 11.1. The lowest BCUT2D eigenvalue weighted by Crippen LogP contribution is -2.17. The van der Waals surface area contributed by atoms with Crippen LogP contribution in [-0.2, 0) is 0 Å². The number of benzene rings is 2. The largest absolute Gasteiger partial charge is 0.271 e. The van der Waals surface area contributed by atoms with E-state index in [-0.39, 0.29) is 11.8 Å². The van der Waals surface area contributed by atoms with Gasteiger partial charge in [-0.1, -0.05) is 48.9 Å². The maximum atomic E-state index is 11.8. The van der Waals surface area contributed by atoms with Crippen molar-refractivity contribution >= 4 is 23.7 Å². The Labute approximate surface area is 123 Å². The Morgan fingerprint density at radius 1 is 1.15 bits per heavy atom. The van der Waals surface area contributed by atoms with Crippen LogP contribution in [0, 0.1) is 0 Å². The van der Waals surface area contributed by atoms with E-state index in [0.717, 1.165) is 5.56 Å². The molecule has 1 unspecified atom stereocenters. The molecule has 2 rings (SSSR count). The second kappa shape index (κ2) is 6.87. The van der Waals surface area contributed by atoms with Crippen LogP contribution < -0.4 is 5.43 Å². The van der Waals surface area contributed by atoms with Crippen LogP contribution in [0.5, 0.6) is 0 Å². The molecule has 4 heteroatoms. The van der Waals surface area contributed by atoms with Gasteiger partial charge in [0.2, 0.25) is 0 Å². The van der Waals surface area contributed by atoms with Crippen molar-refractivity contribution in [2.75, 3.05) is 0 Å². The predicted octanol–water partition coefficient (Wildman–Crippen LogP) is 3.86. The molecule has 2 aromatic carbocycles. The van der Waals surface area contributed by atoms with Gasteiger partial charge < -0.3 is 0 Å². The summed E-state index contributed by atoms with van der Waals surface area (Å²) in [5.41, 5.74) is 4.18. The van der Waals surface area contributed by atoms with E-state index in [1.54, 1.807) is 30.5 Å². The standard InChI is InChI=1S/C16H15ClN2O/c1-12(13-5-3-2-4-6-13)11-18-19-16(20)14-7-9-15(17)10-8-14/h2-12H,1H3,(H,19,20). The molecule has 0 fully saturated rings. The zero-order chi connectivity index (χ0) is 14.4. The monoisotopic (exact) mass is 286 g/mol. The molecule has 0 radical (unpaired) electrons. The van der Waals surface area contributed by atoms with Crippen LogP contribution in [-0.4, -0.2) is 12.1 Å². The molecule has 1 atom stereocenters. The SMILES string of the molecule is CC(C=NNC(=O)c1ccc(Cl)cc1)c1ccccc1. The third-order valence-electron chi connectivity index (χ3n) is 2.90. The minimum Gasteiger partial charge on any atom is -0.267 e. The molecular formula is C16H15ClN2O. The summed E-state index contributed by atoms with van der Waals surface area (Å²) in [5, 5.41) is 4.59. The van der Waals surface area contributed by atoms with Crippen LogP contribution in [0.2, 0.25) is 5.02 Å². The van der Waals surface area contributed by atoms with Crippen molar-refractivity contribution in [2.24, 2.45) is 5.10 Å². The minimum absolute atomic E-state index is 0.140. The van der Waals surface area contributed by atoms with Gasteiger partial charge in [-0.25, -0.2) is 5.43 Å². The highest BCUT2D eigenvalue weighted by Gasteiger charge is 2.04. The van der Waals surface area contributed by atoms with Gasteiger partial charge in [-0.15, -0.1) is 0 Å². The van der Waals surface area contributed by atoms with Crippen LogP contribution in [0.4, 0.5) is 0 Å². The zero-order valence-corrected chi connectivity index (χ0v) is 11.8. The van der Waals surface area contributed by atoms with Crippen molar-refractivity contribution in [1.82, 2.24) is 5.43 Å². The summed E-state index contributed by atoms with van der Waals surface area (Å²) >= 11 is 5.77. The maximum absolute atomic E-state index is 11.8. The first kappa shape index (κ1) is 14.3. The molecule has 3 nitrogen and oxygen atoms in total. The first-order chi connectivity index (χ1) is 9.66. The molecule has 0 aliphatic heterocycles. The Bertz CT molecular complexity index is 594. The van der Waals surface area contributed by atoms with E-state index < -0.39 is 0 Å². The average Bonchev–Trinajstić information content (AvgIpc) is 2.48. The van der Waals surface area contributed by atoms with Crippen LogP contribution >= 0.6 is 11.6 Å². The molecule has 102 valence electrons. The van der Waals surface area contributed by atoms with E-state index in [2.05, 4.69) is 10.5 Å². The second-order valence-electron chi connectivity index (χ2n) is 4.43. The fraction of sp³-hybridized carbons (Fsp3) is 0.125. The summed E-state index contributed by atoms with van der Waals surface area (Å²) in [4.78, 5) is 11.8. The van der Waals surface area contributed by atoms with Crippen LogP contribution in [0.15, 0.2) is 59.7 Å². The number of amides is 1. The molecule has 0 heterocycles. The summed E-state index contributed by atoms with van der Waals surface area (Å²) in [5.74, 6) is -0.111. The minimum atomic E-state index is -0.252. The molecule has 0 aliphatic carbocycles. The van der Waals surface area contributed by atoms with E-state index >= 15 is 0 Å². The summed E-state index contributed by atoms with van der Waals surface area (Å²) < 4.78 is 0. The second-order valence-corrected chi connectivity index (χ2v) is 4.86. The third-order valence-corrected chi connectivity index (χ3v) is 3.15. The van der Waals surface area contributed by atoms with E-state index in [9.17, 15) is 4.79 Å². The van der Waals surface area contributed by atoms with Gasteiger partial charge in [0, 0.05) is 22.7 Å². The molecular weight excluding hydrogens is 272 g/mol. The van der Waals surface area contributed by atoms with Crippen LogP contribution in [0.1, 0.15) is 28.8 Å². The number of halogens is 1. The number of hydrogen-bond acceptors (Lipinski definition) is 2. The van der Waals surface area contributed by atoms with Gasteiger partial charge >= 0.3 is 0 Å². The number of hydrazone groups is 1. The van der Waals surface area contributed by atoms with Gasteiger partial charge in [0.25, 0.3) is 5.91 Å². The molecule has 20 heavy (non-hydrogen) atoms. The topological polar surface area (TPSA) is 41.5 Å². The van der Waals surface area contributed by atoms with E-state index in [4.69, 9.17) is 11.6 Å². The highest BCUT2D eigenvalue weighted by molar-refractivity contribution is 6.30. The van der Waals surface area contributed by atoms with Gasteiger partial charge in [0.1, 0.15) is 0 Å². The quantitative estimate of drug-likeness (QED) is 0.673. The maximum Gasteiger partial charge on any atom is 0.271 e. The summed E-state index contributed by atoms with van der Waals surface area (Å²) in [7, 11) is 0. The molecule has 2 aromatic rings. The lowest BCUT2D eigenvalue weighted by atomic mass is 10.0. The summed E-state index contributed by atoms with van der Waals surface area (Å²) in [6.45, 7) is 2.02. The van der Waals surface area contributed by atoms with Crippen molar-refractivity contribution in [3.63, 3.8) is 0 Å². The molecule has 0 saturated carbocycles. The third kappa shape index (κ3) is 3.93. The summed E-state index contributed by atoms with van der Waals surface area (Å²) in [6.07, 6.45) is 1.71. The van der Waals surface area contributed by atoms with Crippen molar-refractivity contribution in [3.05, 3.63) is 70.7 Å². The number of rotatable bonds is 4. The fourth-order valence-electron chi connectivity index (χ4n) is 1.72. The van der Waals surface area contributed by atoms with Crippen molar-refractivity contribution in [3.8, 4) is 0 Å². The number of carbonyl (C=O) groups excluding carboxylic acids is 1. The van der Waals surface area contributed by atoms with Crippen molar-refractivity contribution in [2.45, 2.75) is 12.8 Å². The molecule has 0 spiro atoms. The lowest BCUT2D eigenvalue weighted by Gasteiger charge is -2.05. The molecule has 0 saturated heterocycles. The number of hydrogen-bond donors (Lipinski definition) is 1. The molecule has 0 aromatic heterocycles. The smallest absolute Gasteiger partial charge is 0.267 e. The first-order valence-corrected chi connectivity index (χ1v) is 6.68. The first-order valence-electron chi connectivity index (χ1n) is 6.31. The highest BCUT2D eigenvalue weighted by atomic mass is 35.5. The van der Waals surface area contributed by atoms with Crippen molar-refractivity contribution in [1.29, 1.82) is 0 Å². The Morgan fingerprint density at radius 3 is 2.45 bits per heavy atom. The normalized spacial score (nSPS) is 12.3. The number of carbonyl (C=O) groups is 1. The van der Waals surface area contributed by atoms with Gasteiger partial charge in [-0.05, 0) is 29.8 Å². The Hall–Kier alpha value is -2.13. The van der Waals surface area contributed by atoms with Crippen molar-refractivity contribution < 1.29 is 4.79 Å². The molecule has 1 amide bonds.